The van der Waals surface area contributed by atoms with Crippen molar-refractivity contribution in [3.8, 4) is 0 Å². The van der Waals surface area contributed by atoms with Crippen LogP contribution >= 0.6 is 11.8 Å². The number of carbonyl (C=O) groups excluding carboxylic acids is 1. The zero-order chi connectivity index (χ0) is 15.0. The maximum absolute atomic E-state index is 11.8. The lowest BCUT2D eigenvalue weighted by atomic mass is 10.0. The number of nitrogens with one attached hydrogen (secondary N) is 1. The molecule has 0 saturated carbocycles. The number of carbonyl (C=O) groups is 1. The molecule has 2 aromatic rings. The molecule has 5 nitrogen and oxygen atoms in total. The Hall–Kier alpha value is -1.83. The Morgan fingerprint density at radius 2 is 1.86 bits per heavy atom. The highest BCUT2D eigenvalue weighted by atomic mass is 32.3. The van der Waals surface area contributed by atoms with Crippen LogP contribution in [0.15, 0.2) is 48.2 Å². The molecule has 2 N–H and O–H groups in total. The first-order chi connectivity index (χ1) is 9.95. The molecule has 1 fully saturated rings. The molecule has 3 rings (SSSR count). The van der Waals surface area contributed by atoms with Gasteiger partial charge in [-0.1, -0.05) is 42.5 Å². The summed E-state index contributed by atoms with van der Waals surface area (Å²) in [6, 6.07) is 13.4. The number of fused-ring (bicyclic) bond motifs is 1. The second kappa shape index (κ2) is 5.18. The molecule has 0 bridgehead atoms. The van der Waals surface area contributed by atoms with Crippen LogP contribution in [0.5, 0.6) is 0 Å². The lowest BCUT2D eigenvalue weighted by Gasteiger charge is -2.05. The average Bonchev–Trinajstić information content (AvgIpc) is 2.81. The zero-order valence-electron chi connectivity index (χ0n) is 10.7. The molecule has 1 saturated heterocycles. The first-order valence-corrected chi connectivity index (χ1v) is 8.47. The van der Waals surface area contributed by atoms with Crippen molar-refractivity contribution in [3.63, 3.8) is 0 Å². The summed E-state index contributed by atoms with van der Waals surface area (Å²) < 4.78 is 29.8. The summed E-state index contributed by atoms with van der Waals surface area (Å²) in [4.78, 5) is 11.8. The summed E-state index contributed by atoms with van der Waals surface area (Å²) in [5, 5.41) is 4.10. The molecule has 21 heavy (non-hydrogen) atoms. The Bertz CT molecular complexity index is 853. The van der Waals surface area contributed by atoms with E-state index in [-0.39, 0.29) is 5.70 Å². The van der Waals surface area contributed by atoms with Gasteiger partial charge >= 0.3 is 0 Å². The van der Waals surface area contributed by atoms with E-state index in [4.69, 9.17) is 4.55 Å². The van der Waals surface area contributed by atoms with Gasteiger partial charge in [0.25, 0.3) is 10.1 Å². The summed E-state index contributed by atoms with van der Waals surface area (Å²) in [5.74, 6) is 0. The van der Waals surface area contributed by atoms with Crippen LogP contribution in [0.3, 0.4) is 0 Å². The minimum atomic E-state index is -4.31. The van der Waals surface area contributed by atoms with E-state index in [1.165, 1.54) is 0 Å². The van der Waals surface area contributed by atoms with Crippen molar-refractivity contribution in [3.05, 3.63) is 53.7 Å². The van der Waals surface area contributed by atoms with Crippen LogP contribution in [0.4, 0.5) is 0 Å². The van der Waals surface area contributed by atoms with Crippen molar-refractivity contribution < 1.29 is 17.8 Å². The molecule has 1 aliphatic heterocycles. The molecular formula is C14H11NO4S2. The van der Waals surface area contributed by atoms with Crippen molar-refractivity contribution in [2.24, 2.45) is 0 Å². The third-order valence-electron chi connectivity index (χ3n) is 3.10. The van der Waals surface area contributed by atoms with Crippen molar-refractivity contribution in [1.82, 2.24) is 5.32 Å². The number of hydrogen-bond donors (Lipinski definition) is 2. The number of benzene rings is 2. The van der Waals surface area contributed by atoms with Crippen molar-refractivity contribution in [2.75, 3.05) is 0 Å². The number of hydrogen-bond acceptors (Lipinski definition) is 5. The number of thioether (sulfide) groups is 1. The summed E-state index contributed by atoms with van der Waals surface area (Å²) >= 11 is 0.549. The Labute approximate surface area is 125 Å². The first-order valence-electron chi connectivity index (χ1n) is 6.08. The van der Waals surface area contributed by atoms with Crippen LogP contribution in [0, 0.1) is 0 Å². The average molecular weight is 321 g/mol. The van der Waals surface area contributed by atoms with Gasteiger partial charge in [0, 0.05) is 0 Å². The lowest BCUT2D eigenvalue weighted by Crippen LogP contribution is -2.27. The lowest BCUT2D eigenvalue weighted by molar-refractivity contribution is -0.107. The molecule has 0 aromatic heterocycles. The maximum Gasteiger partial charge on any atom is 0.296 e. The fourth-order valence-electron chi connectivity index (χ4n) is 2.14. The molecule has 0 amide bonds. The molecule has 1 atom stereocenters. The smallest absolute Gasteiger partial charge is 0.296 e. The van der Waals surface area contributed by atoms with Crippen LogP contribution in [0.25, 0.3) is 16.8 Å². The van der Waals surface area contributed by atoms with E-state index in [0.717, 1.165) is 16.3 Å². The van der Waals surface area contributed by atoms with Crippen molar-refractivity contribution in [1.29, 1.82) is 0 Å². The SMILES string of the molecule is O=C1SC(S(=O)(=O)O)NC1=Cc1cccc2ccccc12. The van der Waals surface area contributed by atoms with Gasteiger partial charge in [0.2, 0.25) is 9.82 Å². The topological polar surface area (TPSA) is 83.5 Å². The normalized spacial score (nSPS) is 20.9. The van der Waals surface area contributed by atoms with Crippen LogP contribution in [-0.2, 0) is 14.9 Å². The van der Waals surface area contributed by atoms with E-state index in [0.29, 0.717) is 11.8 Å². The highest BCUT2D eigenvalue weighted by molar-refractivity contribution is 8.22. The largest absolute Gasteiger partial charge is 0.355 e. The molecule has 2 aromatic carbocycles. The summed E-state index contributed by atoms with van der Waals surface area (Å²) in [7, 11) is -4.31. The van der Waals surface area contributed by atoms with E-state index in [1.54, 1.807) is 6.08 Å². The minimum Gasteiger partial charge on any atom is -0.355 e. The third kappa shape index (κ3) is 2.80. The second-order valence-corrected chi connectivity index (χ2v) is 7.40. The third-order valence-corrected chi connectivity index (χ3v) is 5.54. The minimum absolute atomic E-state index is 0.166. The van der Waals surface area contributed by atoms with Gasteiger partial charge in [-0.25, -0.2) is 0 Å². The van der Waals surface area contributed by atoms with E-state index >= 15 is 0 Å². The van der Waals surface area contributed by atoms with Gasteiger partial charge < -0.3 is 5.32 Å². The van der Waals surface area contributed by atoms with Crippen LogP contribution in [0.2, 0.25) is 0 Å². The standard InChI is InChI=1S/C14H11NO4S2/c16-13-12(15-14(20-13)21(17,18)19)8-10-6-3-5-9-4-1-2-7-11(9)10/h1-8,14-15H,(H,17,18,19). The van der Waals surface area contributed by atoms with Gasteiger partial charge in [-0.05, 0) is 34.2 Å². The molecule has 108 valence electrons. The van der Waals surface area contributed by atoms with Crippen LogP contribution in [-0.4, -0.2) is 22.8 Å². The fourth-order valence-corrected chi connectivity index (χ4v) is 3.79. The Balaban J connectivity index is 2.03. The molecule has 1 unspecified atom stereocenters. The van der Waals surface area contributed by atoms with Crippen LogP contribution < -0.4 is 5.32 Å². The quantitative estimate of drug-likeness (QED) is 0.652. The highest BCUT2D eigenvalue weighted by Gasteiger charge is 2.35. The van der Waals surface area contributed by atoms with E-state index in [1.807, 2.05) is 42.5 Å². The predicted octanol–water partition coefficient (Wildman–Crippen LogP) is 2.22. The van der Waals surface area contributed by atoms with E-state index in [9.17, 15) is 13.2 Å². The van der Waals surface area contributed by atoms with Crippen molar-refractivity contribution >= 4 is 43.8 Å². The monoisotopic (exact) mass is 321 g/mol. The molecule has 0 radical (unpaired) electrons. The van der Waals surface area contributed by atoms with Gasteiger partial charge in [0.15, 0.2) is 0 Å². The molecule has 7 heteroatoms. The van der Waals surface area contributed by atoms with Gasteiger partial charge in [-0.15, -0.1) is 0 Å². The van der Waals surface area contributed by atoms with E-state index < -0.39 is 19.9 Å². The highest BCUT2D eigenvalue weighted by Crippen LogP contribution is 2.29. The number of rotatable bonds is 2. The zero-order valence-corrected chi connectivity index (χ0v) is 12.3. The Morgan fingerprint density at radius 1 is 1.14 bits per heavy atom. The maximum atomic E-state index is 11.8. The van der Waals surface area contributed by atoms with E-state index in [2.05, 4.69) is 5.32 Å². The predicted molar refractivity (Wildman–Crippen MR) is 83.0 cm³/mol. The van der Waals surface area contributed by atoms with Gasteiger partial charge in [0.05, 0.1) is 5.70 Å². The first kappa shape index (κ1) is 14.1. The summed E-state index contributed by atoms with van der Waals surface area (Å²) in [6.07, 6.45) is 1.60. The Morgan fingerprint density at radius 3 is 2.57 bits per heavy atom. The molecule has 0 aliphatic carbocycles. The summed E-state index contributed by atoms with van der Waals surface area (Å²) in [5.41, 5.74) is 0.972. The molecular weight excluding hydrogens is 310 g/mol. The van der Waals surface area contributed by atoms with Gasteiger partial charge in [0.1, 0.15) is 0 Å². The molecule has 1 aliphatic rings. The summed E-state index contributed by atoms with van der Waals surface area (Å²) in [6.45, 7) is 0. The van der Waals surface area contributed by atoms with Gasteiger partial charge in [-0.3, -0.25) is 9.35 Å². The Kier molecular flexibility index (Phi) is 3.48. The van der Waals surface area contributed by atoms with Gasteiger partial charge in [-0.2, -0.15) is 8.42 Å². The van der Waals surface area contributed by atoms with Crippen molar-refractivity contribution in [2.45, 2.75) is 4.71 Å². The molecule has 0 spiro atoms. The fraction of sp³-hybridized carbons (Fsp3) is 0.0714. The second-order valence-electron chi connectivity index (χ2n) is 4.52. The van der Waals surface area contributed by atoms with Crippen LogP contribution in [0.1, 0.15) is 5.56 Å². The molecule has 1 heterocycles.